The van der Waals surface area contributed by atoms with Gasteiger partial charge in [0.15, 0.2) is 0 Å². The molecule has 8 heteroatoms. The second-order valence-electron chi connectivity index (χ2n) is 4.28. The number of rotatable bonds is 4. The molecule has 1 rings (SSSR count). The van der Waals surface area contributed by atoms with Gasteiger partial charge in [0.2, 0.25) is 15.8 Å². The molecular formula is C10H11BrN2O4S. The van der Waals surface area contributed by atoms with Crippen LogP contribution in [-0.2, 0) is 10.0 Å². The van der Waals surface area contributed by atoms with Gasteiger partial charge in [0.05, 0.1) is 28.0 Å². The molecule has 0 aliphatic rings. The summed E-state index contributed by atoms with van der Waals surface area (Å²) in [6, 6.07) is 3.33. The molecule has 18 heavy (non-hydrogen) atoms. The normalized spacial score (nSPS) is 11.9. The Hall–Kier alpha value is -1.33. The number of sulfonamides is 1. The third kappa shape index (κ3) is 3.85. The number of nitrogens with zero attached hydrogens (tertiary/aromatic N) is 1. The monoisotopic (exact) mass is 334 g/mol. The number of carbonyl (C=O) groups excluding carboxylic acids is 1. The summed E-state index contributed by atoms with van der Waals surface area (Å²) in [5, 5.41) is 8.77. The molecule has 0 unspecified atom stereocenters. The van der Waals surface area contributed by atoms with E-state index >= 15 is 0 Å². The van der Waals surface area contributed by atoms with Crippen LogP contribution in [0, 0.1) is 16.7 Å². The topological polar surface area (TPSA) is 100 Å². The van der Waals surface area contributed by atoms with Crippen LogP contribution >= 0.6 is 15.9 Å². The van der Waals surface area contributed by atoms with Crippen LogP contribution in [0.5, 0.6) is 0 Å². The molecule has 0 aliphatic heterocycles. The summed E-state index contributed by atoms with van der Waals surface area (Å²) in [5.41, 5.74) is -1.08. The van der Waals surface area contributed by atoms with E-state index in [9.17, 15) is 13.2 Å². The van der Waals surface area contributed by atoms with Crippen molar-refractivity contribution in [3.05, 3.63) is 22.6 Å². The lowest BCUT2D eigenvalue weighted by Crippen LogP contribution is -2.37. The van der Waals surface area contributed by atoms with Crippen molar-refractivity contribution in [3.63, 3.8) is 0 Å². The van der Waals surface area contributed by atoms with E-state index in [1.807, 2.05) is 10.8 Å². The number of nitrogens with one attached hydrogen (secondary N) is 1. The maximum atomic E-state index is 11.7. The van der Waals surface area contributed by atoms with Gasteiger partial charge >= 0.3 is 5.91 Å². The molecule has 0 aliphatic carbocycles. The maximum Gasteiger partial charge on any atom is 0.301 e. The van der Waals surface area contributed by atoms with E-state index in [0.717, 1.165) is 0 Å². The molecule has 0 aromatic carbocycles. The van der Waals surface area contributed by atoms with Crippen LogP contribution in [-0.4, -0.2) is 20.1 Å². The molecular weight excluding hydrogens is 324 g/mol. The SMILES string of the molecule is CC(C)(C#N)CS(=O)(=O)NC(=O)c1occc1Br. The van der Waals surface area contributed by atoms with Gasteiger partial charge in [-0.05, 0) is 35.8 Å². The summed E-state index contributed by atoms with van der Waals surface area (Å²) >= 11 is 3.05. The van der Waals surface area contributed by atoms with Crippen molar-refractivity contribution < 1.29 is 17.6 Å². The van der Waals surface area contributed by atoms with Gasteiger partial charge in [-0.15, -0.1) is 0 Å². The van der Waals surface area contributed by atoms with Crippen molar-refractivity contribution in [2.75, 3.05) is 5.75 Å². The van der Waals surface area contributed by atoms with Crippen LogP contribution in [0.1, 0.15) is 24.4 Å². The zero-order valence-corrected chi connectivity index (χ0v) is 12.1. The average Bonchev–Trinajstić information content (AvgIpc) is 2.62. The average molecular weight is 335 g/mol. The number of nitriles is 1. The second-order valence-corrected chi connectivity index (χ2v) is 6.86. The molecule has 0 radical (unpaired) electrons. The highest BCUT2D eigenvalue weighted by atomic mass is 79.9. The summed E-state index contributed by atoms with van der Waals surface area (Å²) in [5.74, 6) is -1.48. The van der Waals surface area contributed by atoms with E-state index in [2.05, 4.69) is 15.9 Å². The Balaban J connectivity index is 2.83. The Bertz CT molecular complexity index is 598. The lowest BCUT2D eigenvalue weighted by molar-refractivity contribution is 0.0953. The minimum absolute atomic E-state index is 0.131. The van der Waals surface area contributed by atoms with Gasteiger partial charge < -0.3 is 4.42 Å². The highest BCUT2D eigenvalue weighted by Gasteiger charge is 2.28. The van der Waals surface area contributed by atoms with E-state index in [1.165, 1.54) is 26.2 Å². The predicted molar refractivity (Wildman–Crippen MR) is 67.1 cm³/mol. The summed E-state index contributed by atoms with van der Waals surface area (Å²) in [6.07, 6.45) is 1.25. The van der Waals surface area contributed by atoms with E-state index in [1.54, 1.807) is 0 Å². The maximum absolute atomic E-state index is 11.7. The molecule has 98 valence electrons. The fourth-order valence-electron chi connectivity index (χ4n) is 1.19. The van der Waals surface area contributed by atoms with Gasteiger partial charge in [0, 0.05) is 0 Å². The second kappa shape index (κ2) is 5.12. The van der Waals surface area contributed by atoms with Gasteiger partial charge in [-0.1, -0.05) is 0 Å². The standard InChI is InChI=1S/C10H11BrN2O4S/c1-10(2,5-12)6-18(15,16)13-9(14)8-7(11)3-4-17-8/h3-4H,6H2,1-2H3,(H,13,14). The van der Waals surface area contributed by atoms with Gasteiger partial charge in [0.25, 0.3) is 0 Å². The van der Waals surface area contributed by atoms with Crippen molar-refractivity contribution in [1.29, 1.82) is 5.26 Å². The van der Waals surface area contributed by atoms with Crippen molar-refractivity contribution in [1.82, 2.24) is 4.72 Å². The Labute approximate surface area is 113 Å². The van der Waals surface area contributed by atoms with Gasteiger partial charge in [-0.25, -0.2) is 13.1 Å². The van der Waals surface area contributed by atoms with E-state index in [4.69, 9.17) is 9.68 Å². The van der Waals surface area contributed by atoms with Crippen molar-refractivity contribution in [2.24, 2.45) is 5.41 Å². The predicted octanol–water partition coefficient (Wildman–Crippen LogP) is 1.65. The van der Waals surface area contributed by atoms with Crippen LogP contribution in [0.4, 0.5) is 0 Å². The summed E-state index contributed by atoms with van der Waals surface area (Å²) < 4.78 is 30.4. The molecule has 0 saturated heterocycles. The number of hydrogen-bond donors (Lipinski definition) is 1. The molecule has 0 bridgehead atoms. The fourth-order valence-corrected chi connectivity index (χ4v) is 3.03. The molecule has 1 amide bonds. The molecule has 0 saturated carbocycles. The third-order valence-electron chi connectivity index (χ3n) is 1.93. The van der Waals surface area contributed by atoms with Crippen LogP contribution in [0.25, 0.3) is 0 Å². The highest BCUT2D eigenvalue weighted by molar-refractivity contribution is 9.10. The molecule has 0 atom stereocenters. The van der Waals surface area contributed by atoms with Crippen LogP contribution < -0.4 is 4.72 Å². The number of furan rings is 1. The van der Waals surface area contributed by atoms with Gasteiger partial charge in [0.1, 0.15) is 0 Å². The molecule has 1 heterocycles. The van der Waals surface area contributed by atoms with Crippen molar-refractivity contribution in [3.8, 4) is 6.07 Å². The quantitative estimate of drug-likeness (QED) is 0.902. The minimum Gasteiger partial charge on any atom is -0.458 e. The third-order valence-corrected chi connectivity index (χ3v) is 4.15. The lowest BCUT2D eigenvalue weighted by Gasteiger charge is -2.15. The van der Waals surface area contributed by atoms with Crippen LogP contribution in [0.15, 0.2) is 21.2 Å². The molecule has 1 aromatic rings. The Morgan fingerprint density at radius 3 is 2.67 bits per heavy atom. The lowest BCUT2D eigenvalue weighted by atomic mass is 10.00. The minimum atomic E-state index is -3.90. The Morgan fingerprint density at radius 2 is 2.22 bits per heavy atom. The number of hydrogen-bond acceptors (Lipinski definition) is 5. The molecule has 1 aromatic heterocycles. The fraction of sp³-hybridized carbons (Fsp3) is 0.400. The van der Waals surface area contributed by atoms with Gasteiger partial charge in [-0.3, -0.25) is 4.79 Å². The van der Waals surface area contributed by atoms with Crippen LogP contribution in [0.3, 0.4) is 0 Å². The number of carbonyl (C=O) groups is 1. The largest absolute Gasteiger partial charge is 0.458 e. The first-order chi connectivity index (χ1) is 8.17. The van der Waals surface area contributed by atoms with Crippen molar-refractivity contribution >= 4 is 31.9 Å². The van der Waals surface area contributed by atoms with E-state index in [-0.39, 0.29) is 5.76 Å². The number of amides is 1. The summed E-state index contributed by atoms with van der Waals surface area (Å²) in [6.45, 7) is 2.94. The molecule has 0 fully saturated rings. The van der Waals surface area contributed by atoms with Gasteiger partial charge in [-0.2, -0.15) is 5.26 Å². The summed E-state index contributed by atoms with van der Waals surface area (Å²) in [7, 11) is -3.90. The van der Waals surface area contributed by atoms with Crippen molar-refractivity contribution in [2.45, 2.75) is 13.8 Å². The molecule has 0 spiro atoms. The first kappa shape index (κ1) is 14.7. The zero-order valence-electron chi connectivity index (χ0n) is 9.73. The Kier molecular flexibility index (Phi) is 4.19. The molecule has 6 nitrogen and oxygen atoms in total. The van der Waals surface area contributed by atoms with E-state index < -0.39 is 27.1 Å². The highest BCUT2D eigenvalue weighted by Crippen LogP contribution is 2.19. The molecule has 1 N–H and O–H groups in total. The van der Waals surface area contributed by atoms with E-state index in [0.29, 0.717) is 4.47 Å². The van der Waals surface area contributed by atoms with Crippen LogP contribution in [0.2, 0.25) is 0 Å². The Morgan fingerprint density at radius 1 is 1.61 bits per heavy atom. The first-order valence-electron chi connectivity index (χ1n) is 4.86. The first-order valence-corrected chi connectivity index (χ1v) is 7.30. The summed E-state index contributed by atoms with van der Waals surface area (Å²) in [4.78, 5) is 11.6. The zero-order chi connectivity index (χ0) is 14.0. The smallest absolute Gasteiger partial charge is 0.301 e. The number of halogens is 1.